The average molecular weight is 706 g/mol. The molecule has 0 saturated carbocycles. The van der Waals surface area contributed by atoms with Crippen LogP contribution in [0.4, 0.5) is 0 Å². The molecule has 0 unspecified atom stereocenters. The number of imidazole rings is 1. The van der Waals surface area contributed by atoms with Crippen molar-refractivity contribution in [1.82, 2.24) is 14.1 Å². The average Bonchev–Trinajstić information content (AvgIpc) is 3.78. The summed E-state index contributed by atoms with van der Waals surface area (Å²) in [7, 11) is 0. The number of pyridine rings is 1. The van der Waals surface area contributed by atoms with E-state index in [0.29, 0.717) is 5.82 Å². The first kappa shape index (κ1) is 33.0. The zero-order valence-electron chi connectivity index (χ0n) is 29.9. The molecule has 3 heterocycles. The number of hydrogen-bond acceptors (Lipinski definition) is 4. The van der Waals surface area contributed by atoms with Gasteiger partial charge in [-0.2, -0.15) is 9.82 Å². The Morgan fingerprint density at radius 1 is 0.648 bits per heavy atom. The van der Waals surface area contributed by atoms with Gasteiger partial charge in [-0.15, -0.1) is 0 Å². The van der Waals surface area contributed by atoms with Gasteiger partial charge in [0.15, 0.2) is 11.0 Å². The number of fused-ring (bicyclic) bond motifs is 4. The molecule has 0 radical (unpaired) electrons. The molecule has 9 rings (SSSR count). The maximum atomic E-state index is 12.4. The number of nitrogens with zero attached hydrogens (tertiary/aromatic N) is 4. The second-order valence-electron chi connectivity index (χ2n) is 13.9. The molecule has 3 aromatic heterocycles. The fourth-order valence-corrected chi connectivity index (χ4v) is 8.19. The van der Waals surface area contributed by atoms with Crippen molar-refractivity contribution in [1.29, 1.82) is 0 Å². The topological polar surface area (TPSA) is 73.2 Å². The highest BCUT2D eigenvalue weighted by atomic mass is 17.1. The smallest absolute Gasteiger partial charge is 0.296 e. The van der Waals surface area contributed by atoms with Crippen molar-refractivity contribution in [3.05, 3.63) is 204 Å². The van der Waals surface area contributed by atoms with E-state index < -0.39 is 11.4 Å². The lowest BCUT2D eigenvalue weighted by molar-refractivity contribution is -0.691. The van der Waals surface area contributed by atoms with Crippen LogP contribution in [-0.4, -0.2) is 25.3 Å². The Balaban J connectivity index is 1.36. The summed E-state index contributed by atoms with van der Waals surface area (Å²) in [5.74, 6) is -0.312. The maximum absolute atomic E-state index is 12.4. The summed E-state index contributed by atoms with van der Waals surface area (Å²) in [6, 6.07) is 57.2. The standard InChI is InChI=1S/C47H36N4O3/c1-32(2)49-31-50(43-23-12-11-22-42(43)49)38-19-13-18-36(29-38)47(34-14-5-3-6-15-34,35-16-7-4-8-17-35)37-24-25-40-39-20-9-10-21-41(39)51(44(40)30-37)45-28-33(26-27-48-45)46(52)54-53/h3-32H,1-2H3/p+1. The summed E-state index contributed by atoms with van der Waals surface area (Å²) < 4.78 is 6.69. The van der Waals surface area contributed by atoms with E-state index in [1.54, 1.807) is 12.3 Å². The molecule has 9 aromatic rings. The fourth-order valence-electron chi connectivity index (χ4n) is 8.19. The van der Waals surface area contributed by atoms with Crippen LogP contribution in [0.2, 0.25) is 0 Å². The van der Waals surface area contributed by atoms with Gasteiger partial charge in [0.25, 0.3) is 0 Å². The van der Waals surface area contributed by atoms with Crippen molar-refractivity contribution in [3.8, 4) is 11.5 Å². The van der Waals surface area contributed by atoms with Gasteiger partial charge in [0, 0.05) is 17.0 Å². The summed E-state index contributed by atoms with van der Waals surface area (Å²) in [6.45, 7) is 4.42. The van der Waals surface area contributed by atoms with Gasteiger partial charge in [0.2, 0.25) is 6.33 Å². The van der Waals surface area contributed by atoms with E-state index in [-0.39, 0.29) is 11.6 Å². The first-order valence-corrected chi connectivity index (χ1v) is 18.1. The van der Waals surface area contributed by atoms with Crippen LogP contribution in [0.3, 0.4) is 0 Å². The minimum absolute atomic E-state index is 0.195. The van der Waals surface area contributed by atoms with Gasteiger partial charge in [0.1, 0.15) is 11.5 Å². The molecule has 0 bridgehead atoms. The summed E-state index contributed by atoms with van der Waals surface area (Å²) in [6.07, 6.45) is 3.77. The van der Waals surface area contributed by atoms with E-state index in [1.165, 1.54) is 11.6 Å². The van der Waals surface area contributed by atoms with E-state index in [2.05, 4.69) is 178 Å². The summed E-state index contributed by atoms with van der Waals surface area (Å²) in [5.41, 5.74) is 9.11. The molecule has 0 saturated heterocycles. The van der Waals surface area contributed by atoms with E-state index in [4.69, 9.17) is 4.98 Å². The molecule has 54 heavy (non-hydrogen) atoms. The van der Waals surface area contributed by atoms with Crippen LogP contribution in [0.25, 0.3) is 44.3 Å². The summed E-state index contributed by atoms with van der Waals surface area (Å²) in [4.78, 5) is 21.3. The molecule has 0 atom stereocenters. The van der Waals surface area contributed by atoms with E-state index in [1.807, 2.05) is 12.1 Å². The highest BCUT2D eigenvalue weighted by Gasteiger charge is 2.39. The monoisotopic (exact) mass is 705 g/mol. The van der Waals surface area contributed by atoms with E-state index in [0.717, 1.165) is 55.3 Å². The number of carbonyl (C=O) groups excluding carboxylic acids is 1. The molecule has 6 aromatic carbocycles. The van der Waals surface area contributed by atoms with E-state index >= 15 is 0 Å². The van der Waals surface area contributed by atoms with Gasteiger partial charge >= 0.3 is 5.97 Å². The minimum Gasteiger partial charge on any atom is -0.296 e. The second kappa shape index (κ2) is 13.3. The number of rotatable bonds is 8. The highest BCUT2D eigenvalue weighted by Crippen LogP contribution is 2.47. The third-order valence-electron chi connectivity index (χ3n) is 10.6. The Bertz CT molecular complexity index is 2780. The van der Waals surface area contributed by atoms with Crippen LogP contribution in [0, 0.1) is 0 Å². The fraction of sp³-hybridized carbons (Fsp3) is 0.0851. The summed E-state index contributed by atoms with van der Waals surface area (Å²) >= 11 is 0. The first-order chi connectivity index (χ1) is 26.5. The third-order valence-corrected chi connectivity index (χ3v) is 10.6. The van der Waals surface area contributed by atoms with Gasteiger partial charge in [-0.1, -0.05) is 115 Å². The number of carbonyl (C=O) groups is 1. The normalized spacial score (nSPS) is 11.9. The molecule has 7 heteroatoms. The van der Waals surface area contributed by atoms with Crippen molar-refractivity contribution < 1.29 is 19.5 Å². The third kappa shape index (κ3) is 5.20. The second-order valence-corrected chi connectivity index (χ2v) is 13.9. The van der Waals surface area contributed by atoms with Gasteiger partial charge in [-0.05, 0) is 84.6 Å². The molecule has 1 N–H and O–H groups in total. The molecule has 0 aliphatic carbocycles. The van der Waals surface area contributed by atoms with E-state index in [9.17, 15) is 10.1 Å². The zero-order valence-corrected chi connectivity index (χ0v) is 29.9. The molecule has 0 amide bonds. The minimum atomic E-state index is -0.846. The molecule has 0 aliphatic heterocycles. The molecular formula is C47H37N4O3+. The Morgan fingerprint density at radius 3 is 2.00 bits per heavy atom. The molecule has 0 spiro atoms. The molecular weight excluding hydrogens is 669 g/mol. The number of hydrogen-bond donors (Lipinski definition) is 1. The predicted molar refractivity (Wildman–Crippen MR) is 212 cm³/mol. The van der Waals surface area contributed by atoms with Crippen LogP contribution in [0.15, 0.2) is 176 Å². The van der Waals surface area contributed by atoms with Crippen molar-refractivity contribution in [2.75, 3.05) is 0 Å². The van der Waals surface area contributed by atoms with Crippen molar-refractivity contribution in [2.45, 2.75) is 25.3 Å². The van der Waals surface area contributed by atoms with Gasteiger partial charge in [-0.25, -0.2) is 14.3 Å². The SMILES string of the molecule is CC(C)[n+]1cn(-c2cccc(C(c3ccccc3)(c3ccccc3)c3ccc4c5ccccc5n(-c5cc(C(=O)OO)ccn5)c4c3)c2)c2ccccc21. The Kier molecular flexibility index (Phi) is 8.13. The lowest BCUT2D eigenvalue weighted by Crippen LogP contribution is -2.34. The molecule has 262 valence electrons. The zero-order chi connectivity index (χ0) is 36.8. The maximum Gasteiger partial charge on any atom is 0.372 e. The molecule has 0 fully saturated rings. The van der Waals surface area contributed by atoms with Gasteiger partial charge in [0.05, 0.1) is 28.1 Å². The number of aromatic nitrogens is 4. The van der Waals surface area contributed by atoms with Crippen molar-refractivity contribution in [2.24, 2.45) is 0 Å². The Hall–Kier alpha value is -6.83. The van der Waals surface area contributed by atoms with Crippen molar-refractivity contribution >= 4 is 38.8 Å². The largest absolute Gasteiger partial charge is 0.372 e. The first-order valence-electron chi connectivity index (χ1n) is 18.1. The predicted octanol–water partition coefficient (Wildman–Crippen LogP) is 10.0. The Morgan fingerprint density at radius 2 is 1.28 bits per heavy atom. The lowest BCUT2D eigenvalue weighted by Gasteiger charge is -2.37. The van der Waals surface area contributed by atoms with Gasteiger partial charge < -0.3 is 0 Å². The molecule has 7 nitrogen and oxygen atoms in total. The van der Waals surface area contributed by atoms with Crippen LogP contribution < -0.4 is 4.57 Å². The molecule has 0 aliphatic rings. The number of para-hydroxylation sites is 3. The summed E-state index contributed by atoms with van der Waals surface area (Å²) in [5, 5.41) is 11.3. The van der Waals surface area contributed by atoms with Crippen LogP contribution in [0.5, 0.6) is 0 Å². The number of benzene rings is 6. The lowest BCUT2D eigenvalue weighted by atomic mass is 9.65. The quantitative estimate of drug-likeness (QED) is 0.0740. The van der Waals surface area contributed by atoms with Crippen molar-refractivity contribution in [3.63, 3.8) is 0 Å². The van der Waals surface area contributed by atoms with Crippen LogP contribution in [0.1, 0.15) is 52.5 Å². The van der Waals surface area contributed by atoms with Gasteiger partial charge in [-0.3, -0.25) is 9.45 Å². The van der Waals surface area contributed by atoms with Crippen LogP contribution >= 0.6 is 0 Å². The highest BCUT2D eigenvalue weighted by molar-refractivity contribution is 6.09. The van der Waals surface area contributed by atoms with Crippen LogP contribution in [-0.2, 0) is 10.3 Å². The Labute approximate surface area is 312 Å².